The molecule has 2 aromatic carbocycles. The normalized spacial score (nSPS) is 12.8. The summed E-state index contributed by atoms with van der Waals surface area (Å²) in [6, 6.07) is 12.2. The summed E-state index contributed by atoms with van der Waals surface area (Å²) in [5.74, 6) is 0. The molecular formula is C18H20N2O. The van der Waals surface area contributed by atoms with Crippen LogP contribution in [0.25, 0.3) is 16.7 Å². The van der Waals surface area contributed by atoms with Crippen LogP contribution >= 0.6 is 0 Å². The molecule has 1 heterocycles. The maximum atomic E-state index is 10.2. The van der Waals surface area contributed by atoms with Crippen molar-refractivity contribution in [3.8, 4) is 5.69 Å². The molecule has 3 nitrogen and oxygen atoms in total. The van der Waals surface area contributed by atoms with Gasteiger partial charge in [0.15, 0.2) is 0 Å². The highest BCUT2D eigenvalue weighted by Crippen LogP contribution is 2.27. The Morgan fingerprint density at radius 1 is 1.14 bits per heavy atom. The van der Waals surface area contributed by atoms with Gasteiger partial charge in [-0.05, 0) is 49.6 Å². The third-order valence-electron chi connectivity index (χ3n) is 4.10. The Labute approximate surface area is 124 Å². The van der Waals surface area contributed by atoms with Crippen LogP contribution in [-0.4, -0.2) is 14.7 Å². The average Bonchev–Trinajstić information content (AvgIpc) is 2.89. The summed E-state index contributed by atoms with van der Waals surface area (Å²) in [6.45, 7) is 6.20. The minimum Gasteiger partial charge on any atom is -0.388 e. The van der Waals surface area contributed by atoms with Gasteiger partial charge in [0.1, 0.15) is 6.33 Å². The molecule has 0 bridgehead atoms. The molecule has 108 valence electrons. The van der Waals surface area contributed by atoms with Gasteiger partial charge in [0.25, 0.3) is 0 Å². The highest BCUT2D eigenvalue weighted by molar-refractivity contribution is 5.79. The van der Waals surface area contributed by atoms with E-state index in [2.05, 4.69) is 35.5 Å². The van der Waals surface area contributed by atoms with E-state index < -0.39 is 6.10 Å². The number of nitrogens with zero attached hydrogens (tertiary/aromatic N) is 2. The molecule has 3 aromatic rings. The van der Waals surface area contributed by atoms with Crippen LogP contribution < -0.4 is 0 Å². The number of aromatic nitrogens is 2. The zero-order valence-electron chi connectivity index (χ0n) is 12.7. The van der Waals surface area contributed by atoms with Crippen LogP contribution in [0.4, 0.5) is 0 Å². The highest BCUT2D eigenvalue weighted by Gasteiger charge is 2.14. The first-order valence-electron chi connectivity index (χ1n) is 7.33. The molecule has 0 unspecified atom stereocenters. The summed E-state index contributed by atoms with van der Waals surface area (Å²) < 4.78 is 2.07. The van der Waals surface area contributed by atoms with E-state index in [1.165, 1.54) is 11.1 Å². The van der Waals surface area contributed by atoms with Crippen LogP contribution in [-0.2, 0) is 0 Å². The predicted octanol–water partition coefficient (Wildman–Crippen LogP) is 4.09. The lowest BCUT2D eigenvalue weighted by atomic mass is 10.0. The molecule has 0 saturated carbocycles. The van der Waals surface area contributed by atoms with Gasteiger partial charge in [0.05, 0.1) is 22.8 Å². The molecule has 0 amide bonds. The average molecular weight is 280 g/mol. The molecule has 0 radical (unpaired) electrons. The highest BCUT2D eigenvalue weighted by atomic mass is 16.3. The zero-order valence-corrected chi connectivity index (χ0v) is 12.7. The van der Waals surface area contributed by atoms with Crippen molar-refractivity contribution in [1.82, 2.24) is 9.55 Å². The second kappa shape index (κ2) is 5.34. The molecule has 0 spiro atoms. The van der Waals surface area contributed by atoms with Gasteiger partial charge in [-0.3, -0.25) is 4.57 Å². The van der Waals surface area contributed by atoms with Gasteiger partial charge in [0, 0.05) is 5.56 Å². The first-order chi connectivity index (χ1) is 10.1. The van der Waals surface area contributed by atoms with E-state index in [1.807, 2.05) is 37.5 Å². The fourth-order valence-electron chi connectivity index (χ4n) is 2.66. The van der Waals surface area contributed by atoms with Gasteiger partial charge in [-0.1, -0.05) is 25.1 Å². The number of aryl methyl sites for hydroxylation is 2. The van der Waals surface area contributed by atoms with Crippen LogP contribution in [0, 0.1) is 13.8 Å². The fourth-order valence-corrected chi connectivity index (χ4v) is 2.66. The maximum absolute atomic E-state index is 10.2. The number of hydrogen-bond donors (Lipinski definition) is 1. The summed E-state index contributed by atoms with van der Waals surface area (Å²) in [7, 11) is 0. The molecule has 3 rings (SSSR count). The molecule has 1 aromatic heterocycles. The summed E-state index contributed by atoms with van der Waals surface area (Å²) in [4.78, 5) is 4.50. The number of rotatable bonds is 3. The van der Waals surface area contributed by atoms with Gasteiger partial charge in [0.2, 0.25) is 0 Å². The van der Waals surface area contributed by atoms with Crippen molar-refractivity contribution in [3.05, 3.63) is 59.4 Å². The largest absolute Gasteiger partial charge is 0.388 e. The lowest BCUT2D eigenvalue weighted by molar-refractivity contribution is 0.173. The fraction of sp³-hybridized carbons (Fsp3) is 0.278. The molecule has 1 atom stereocenters. The quantitative estimate of drug-likeness (QED) is 0.785. The number of hydrogen-bond acceptors (Lipinski definition) is 2. The predicted molar refractivity (Wildman–Crippen MR) is 85.8 cm³/mol. The topological polar surface area (TPSA) is 38.0 Å². The molecule has 0 aliphatic rings. The summed E-state index contributed by atoms with van der Waals surface area (Å²) >= 11 is 0. The smallest absolute Gasteiger partial charge is 0.100 e. The monoisotopic (exact) mass is 280 g/mol. The van der Waals surface area contributed by atoms with E-state index in [9.17, 15) is 5.11 Å². The van der Waals surface area contributed by atoms with Gasteiger partial charge in [-0.2, -0.15) is 0 Å². The second-order valence-corrected chi connectivity index (χ2v) is 5.52. The summed E-state index contributed by atoms with van der Waals surface area (Å²) in [5, 5.41) is 10.2. The molecular weight excluding hydrogens is 260 g/mol. The molecule has 21 heavy (non-hydrogen) atoms. The Bertz CT molecular complexity index is 789. The Balaban J connectivity index is 2.24. The first-order valence-corrected chi connectivity index (χ1v) is 7.33. The maximum Gasteiger partial charge on any atom is 0.100 e. The number of para-hydroxylation sites is 1. The standard InChI is InChI=1S/C18H20N2O/c1-4-18(21)14-7-5-6-8-16(14)20-11-19-15-9-12(2)13(3)10-17(15)20/h5-11,18,21H,4H2,1-3H3/t18-/m1/s1. The summed E-state index contributed by atoms with van der Waals surface area (Å²) in [6.07, 6.45) is 2.08. The zero-order chi connectivity index (χ0) is 15.0. The van der Waals surface area contributed by atoms with E-state index in [0.717, 1.165) is 22.3 Å². The lowest BCUT2D eigenvalue weighted by Crippen LogP contribution is -2.03. The number of benzene rings is 2. The second-order valence-electron chi connectivity index (χ2n) is 5.52. The van der Waals surface area contributed by atoms with E-state index in [-0.39, 0.29) is 0 Å². The van der Waals surface area contributed by atoms with Crippen molar-refractivity contribution >= 4 is 11.0 Å². The van der Waals surface area contributed by atoms with Crippen molar-refractivity contribution in [2.75, 3.05) is 0 Å². The lowest BCUT2D eigenvalue weighted by Gasteiger charge is -2.15. The molecule has 0 fully saturated rings. The Morgan fingerprint density at radius 2 is 1.86 bits per heavy atom. The van der Waals surface area contributed by atoms with Gasteiger partial charge in [-0.15, -0.1) is 0 Å². The van der Waals surface area contributed by atoms with Crippen LogP contribution in [0.15, 0.2) is 42.7 Å². The van der Waals surface area contributed by atoms with Crippen LogP contribution in [0.2, 0.25) is 0 Å². The SMILES string of the molecule is CC[C@@H](O)c1ccccc1-n1cnc2cc(C)c(C)cc21. The Hall–Kier alpha value is -2.13. The van der Waals surface area contributed by atoms with Gasteiger partial charge < -0.3 is 5.11 Å². The number of fused-ring (bicyclic) bond motifs is 1. The number of aliphatic hydroxyl groups excluding tert-OH is 1. The van der Waals surface area contributed by atoms with Crippen molar-refractivity contribution < 1.29 is 5.11 Å². The number of imidazole rings is 1. The van der Waals surface area contributed by atoms with E-state index in [0.29, 0.717) is 6.42 Å². The van der Waals surface area contributed by atoms with Gasteiger partial charge in [-0.25, -0.2) is 4.98 Å². The van der Waals surface area contributed by atoms with Crippen LogP contribution in [0.3, 0.4) is 0 Å². The molecule has 3 heteroatoms. The van der Waals surface area contributed by atoms with E-state index in [4.69, 9.17) is 0 Å². The Kier molecular flexibility index (Phi) is 3.52. The van der Waals surface area contributed by atoms with E-state index >= 15 is 0 Å². The third-order valence-corrected chi connectivity index (χ3v) is 4.10. The van der Waals surface area contributed by atoms with E-state index in [1.54, 1.807) is 0 Å². The Morgan fingerprint density at radius 3 is 2.62 bits per heavy atom. The molecule has 1 N–H and O–H groups in total. The number of aliphatic hydroxyl groups is 1. The third kappa shape index (κ3) is 2.34. The van der Waals surface area contributed by atoms with Crippen LogP contribution in [0.1, 0.15) is 36.1 Å². The summed E-state index contributed by atoms with van der Waals surface area (Å²) in [5.41, 5.74) is 6.50. The molecule has 0 saturated heterocycles. The van der Waals surface area contributed by atoms with Crippen LogP contribution in [0.5, 0.6) is 0 Å². The van der Waals surface area contributed by atoms with Crippen molar-refractivity contribution in [2.45, 2.75) is 33.3 Å². The van der Waals surface area contributed by atoms with Gasteiger partial charge >= 0.3 is 0 Å². The van der Waals surface area contributed by atoms with Crippen molar-refractivity contribution in [3.63, 3.8) is 0 Å². The van der Waals surface area contributed by atoms with Crippen molar-refractivity contribution in [2.24, 2.45) is 0 Å². The molecule has 0 aliphatic heterocycles. The minimum absolute atomic E-state index is 0.454. The van der Waals surface area contributed by atoms with Crippen molar-refractivity contribution in [1.29, 1.82) is 0 Å². The molecule has 0 aliphatic carbocycles. The first kappa shape index (κ1) is 13.8. The minimum atomic E-state index is -0.454.